The van der Waals surface area contributed by atoms with E-state index in [1.807, 2.05) is 0 Å². The number of aliphatic hydroxyl groups excluding tert-OH is 1. The van der Waals surface area contributed by atoms with Crippen LogP contribution >= 0.6 is 0 Å². The molecule has 5 heteroatoms. The number of hydrogen-bond donors (Lipinski definition) is 1. The first-order valence-corrected chi connectivity index (χ1v) is 31.4. The summed E-state index contributed by atoms with van der Waals surface area (Å²) in [5, 5.41) is 9.67. The molecule has 0 fully saturated rings. The topological polar surface area (TPSA) is 72.8 Å². The maximum atomic E-state index is 12.3. The van der Waals surface area contributed by atoms with Gasteiger partial charge in [0, 0.05) is 12.8 Å². The molecule has 1 atom stereocenters. The number of carbonyl (C=O) groups excluding carboxylic acids is 2. The standard InChI is InChI=1S/C69H118O5/c1-3-5-7-9-11-13-15-17-19-21-23-25-26-27-28-29-30-31-32-33-34-35-36-37-38-39-40-41-42-44-46-48-50-52-54-56-58-60-62-64-69(72)74-67(65-70)66-73-68(71)63-61-59-57-55-53-51-49-47-45-43-24-22-20-18-16-14-12-10-8-6-4-2/h5,7,11,13,17,19,23,25,27-28,30-31,33-34,36-37,39-40,67,70H,3-4,6,8-10,12,14-16,18,20-22,24,26,29,32,35,38,41-66H2,1-2H3/b7-5-,13-11-,19-17-,25-23-,28-27-,31-30-,34-33-,37-36-,40-39-. The highest BCUT2D eigenvalue weighted by atomic mass is 16.6. The van der Waals surface area contributed by atoms with Crippen LogP contribution in [0, 0.1) is 0 Å². The zero-order valence-electron chi connectivity index (χ0n) is 48.6. The summed E-state index contributed by atoms with van der Waals surface area (Å²) >= 11 is 0. The molecule has 0 aromatic heterocycles. The first kappa shape index (κ1) is 70.6. The van der Waals surface area contributed by atoms with Crippen LogP contribution in [0.4, 0.5) is 0 Å². The molecule has 74 heavy (non-hydrogen) atoms. The fourth-order valence-electron chi connectivity index (χ4n) is 8.90. The molecule has 5 nitrogen and oxygen atoms in total. The third-order valence-corrected chi connectivity index (χ3v) is 13.6. The maximum absolute atomic E-state index is 12.3. The molecule has 0 heterocycles. The third-order valence-electron chi connectivity index (χ3n) is 13.6. The van der Waals surface area contributed by atoms with Gasteiger partial charge in [-0.1, -0.05) is 309 Å². The highest BCUT2D eigenvalue weighted by Gasteiger charge is 2.16. The predicted molar refractivity (Wildman–Crippen MR) is 325 cm³/mol. The lowest BCUT2D eigenvalue weighted by Gasteiger charge is -2.15. The molecule has 1 N–H and O–H groups in total. The van der Waals surface area contributed by atoms with Crippen molar-refractivity contribution in [1.29, 1.82) is 0 Å². The van der Waals surface area contributed by atoms with Crippen LogP contribution in [-0.2, 0) is 19.1 Å². The molecule has 0 saturated heterocycles. The Balaban J connectivity index is 3.53. The summed E-state index contributed by atoms with van der Waals surface area (Å²) in [6, 6.07) is 0. The molecule has 0 spiro atoms. The molecule has 1 unspecified atom stereocenters. The van der Waals surface area contributed by atoms with Crippen LogP contribution in [0.1, 0.15) is 296 Å². The highest BCUT2D eigenvalue weighted by Crippen LogP contribution is 2.17. The average Bonchev–Trinajstić information content (AvgIpc) is 3.40. The lowest BCUT2D eigenvalue weighted by atomic mass is 10.0. The van der Waals surface area contributed by atoms with Crippen molar-refractivity contribution >= 4 is 11.9 Å². The normalized spacial score (nSPS) is 13.0. The van der Waals surface area contributed by atoms with E-state index in [4.69, 9.17) is 9.47 Å². The quantitative estimate of drug-likeness (QED) is 0.0373. The molecule has 0 aromatic carbocycles. The molecule has 0 amide bonds. The Morgan fingerprint density at radius 1 is 0.324 bits per heavy atom. The van der Waals surface area contributed by atoms with Gasteiger partial charge in [0.05, 0.1) is 6.61 Å². The van der Waals surface area contributed by atoms with Gasteiger partial charge >= 0.3 is 11.9 Å². The molecule has 0 bridgehead atoms. The molecule has 0 saturated carbocycles. The van der Waals surface area contributed by atoms with Gasteiger partial charge in [-0.05, 0) is 83.5 Å². The summed E-state index contributed by atoms with van der Waals surface area (Å²) in [6.07, 6.45) is 92.2. The lowest BCUT2D eigenvalue weighted by Crippen LogP contribution is -2.28. The van der Waals surface area contributed by atoms with Crippen molar-refractivity contribution in [3.63, 3.8) is 0 Å². The zero-order chi connectivity index (χ0) is 53.4. The minimum Gasteiger partial charge on any atom is -0.462 e. The van der Waals surface area contributed by atoms with Crippen LogP contribution in [0.2, 0.25) is 0 Å². The number of carbonyl (C=O) groups is 2. The van der Waals surface area contributed by atoms with Crippen molar-refractivity contribution in [2.75, 3.05) is 13.2 Å². The SMILES string of the molecule is CC/C=C\C/C=C\C/C=C\C/C=C\C/C=C\C/C=C\C/C=C\C/C=C\C/C=C\CCCCCCCCCCCCCC(=O)OC(CO)COC(=O)CCCCCCCCCCCCCCCCCCCCCCC. The number of esters is 2. The van der Waals surface area contributed by atoms with Gasteiger partial charge in [0.25, 0.3) is 0 Å². The average molecular weight is 1030 g/mol. The number of hydrogen-bond acceptors (Lipinski definition) is 5. The van der Waals surface area contributed by atoms with Crippen LogP contribution < -0.4 is 0 Å². The smallest absolute Gasteiger partial charge is 0.306 e. The van der Waals surface area contributed by atoms with Crippen LogP contribution in [-0.4, -0.2) is 36.4 Å². The summed E-state index contributed by atoms with van der Waals surface area (Å²) in [5.74, 6) is -0.586. The number of aliphatic hydroxyl groups is 1. The maximum Gasteiger partial charge on any atom is 0.306 e. The highest BCUT2D eigenvalue weighted by molar-refractivity contribution is 5.70. The second kappa shape index (κ2) is 63.8. The van der Waals surface area contributed by atoms with Crippen molar-refractivity contribution in [3.8, 4) is 0 Å². The number of unbranched alkanes of at least 4 members (excludes halogenated alkanes) is 31. The van der Waals surface area contributed by atoms with E-state index in [1.54, 1.807) is 0 Å². The summed E-state index contributed by atoms with van der Waals surface area (Å²) in [5.41, 5.74) is 0. The molecule has 0 rings (SSSR count). The van der Waals surface area contributed by atoms with Gasteiger partial charge in [0.15, 0.2) is 6.10 Å². The Morgan fingerprint density at radius 3 is 0.878 bits per heavy atom. The first-order valence-electron chi connectivity index (χ1n) is 31.4. The van der Waals surface area contributed by atoms with Crippen molar-refractivity contribution in [1.82, 2.24) is 0 Å². The van der Waals surface area contributed by atoms with E-state index < -0.39 is 6.10 Å². The van der Waals surface area contributed by atoms with Gasteiger partial charge in [-0.25, -0.2) is 0 Å². The van der Waals surface area contributed by atoms with E-state index >= 15 is 0 Å². The van der Waals surface area contributed by atoms with Crippen molar-refractivity contribution in [3.05, 3.63) is 109 Å². The van der Waals surface area contributed by atoms with Gasteiger partial charge in [-0.3, -0.25) is 9.59 Å². The Hall–Kier alpha value is -3.44. The van der Waals surface area contributed by atoms with E-state index in [1.165, 1.54) is 173 Å². The van der Waals surface area contributed by atoms with E-state index in [-0.39, 0.29) is 25.2 Å². The van der Waals surface area contributed by atoms with Gasteiger partial charge in [-0.15, -0.1) is 0 Å². The van der Waals surface area contributed by atoms with Crippen LogP contribution in [0.5, 0.6) is 0 Å². The monoisotopic (exact) mass is 1030 g/mol. The van der Waals surface area contributed by atoms with Crippen LogP contribution in [0.3, 0.4) is 0 Å². The molecule has 424 valence electrons. The second-order valence-corrected chi connectivity index (χ2v) is 20.8. The van der Waals surface area contributed by atoms with Crippen molar-refractivity contribution in [2.45, 2.75) is 302 Å². The lowest BCUT2D eigenvalue weighted by molar-refractivity contribution is -0.161. The van der Waals surface area contributed by atoms with Gasteiger partial charge in [0.2, 0.25) is 0 Å². The summed E-state index contributed by atoms with van der Waals surface area (Å²) < 4.78 is 10.7. The van der Waals surface area contributed by atoms with E-state index in [2.05, 4.69) is 123 Å². The molecule has 0 aromatic rings. The van der Waals surface area contributed by atoms with Gasteiger partial charge in [-0.2, -0.15) is 0 Å². The summed E-state index contributed by atoms with van der Waals surface area (Å²) in [4.78, 5) is 24.6. The van der Waals surface area contributed by atoms with Crippen molar-refractivity contribution < 1.29 is 24.2 Å². The van der Waals surface area contributed by atoms with Gasteiger partial charge in [0.1, 0.15) is 6.61 Å². The third kappa shape index (κ3) is 61.1. The van der Waals surface area contributed by atoms with E-state index in [0.717, 1.165) is 96.3 Å². The van der Waals surface area contributed by atoms with Crippen LogP contribution in [0.25, 0.3) is 0 Å². The van der Waals surface area contributed by atoms with Crippen LogP contribution in [0.15, 0.2) is 109 Å². The van der Waals surface area contributed by atoms with E-state index in [0.29, 0.717) is 12.8 Å². The van der Waals surface area contributed by atoms with Gasteiger partial charge < -0.3 is 14.6 Å². The number of allylic oxidation sites excluding steroid dienone is 18. The summed E-state index contributed by atoms with van der Waals surface area (Å²) in [7, 11) is 0. The Labute approximate surface area is 459 Å². The zero-order valence-corrected chi connectivity index (χ0v) is 48.6. The Bertz CT molecular complexity index is 1440. The minimum absolute atomic E-state index is 0.0675. The minimum atomic E-state index is -0.778. The first-order chi connectivity index (χ1) is 36.6. The molecule has 0 aliphatic carbocycles. The Morgan fingerprint density at radius 2 is 0.581 bits per heavy atom. The molecule has 0 radical (unpaired) electrons. The molecular formula is C69H118O5. The number of rotatable bonds is 57. The second-order valence-electron chi connectivity index (χ2n) is 20.8. The van der Waals surface area contributed by atoms with E-state index in [9.17, 15) is 14.7 Å². The Kier molecular flexibility index (Phi) is 60.9. The summed E-state index contributed by atoms with van der Waals surface area (Å²) in [6.45, 7) is 4.05. The number of ether oxygens (including phenoxy) is 2. The fourth-order valence-corrected chi connectivity index (χ4v) is 8.90. The fraction of sp³-hybridized carbons (Fsp3) is 0.710. The largest absolute Gasteiger partial charge is 0.462 e. The predicted octanol–water partition coefficient (Wildman–Crippen LogP) is 21.6. The molecule has 0 aliphatic heterocycles. The van der Waals surface area contributed by atoms with Crippen molar-refractivity contribution in [2.24, 2.45) is 0 Å². The molecule has 0 aliphatic rings. The molecular weight excluding hydrogens is 909 g/mol.